The van der Waals surface area contributed by atoms with Crippen LogP contribution in [0.1, 0.15) is 19.5 Å². The highest BCUT2D eigenvalue weighted by atomic mass is 79.9. The SMILES string of the molecule is CC(C)N1NCN=C1c1c[nH]c(-c2ccc(Br)cc2F)n1. The maximum atomic E-state index is 14.0. The highest BCUT2D eigenvalue weighted by molar-refractivity contribution is 9.10. The lowest BCUT2D eigenvalue weighted by molar-refractivity contribution is 0.283. The number of benzene rings is 1. The van der Waals surface area contributed by atoms with Crippen molar-refractivity contribution < 1.29 is 4.39 Å². The fourth-order valence-corrected chi connectivity index (χ4v) is 2.56. The van der Waals surface area contributed by atoms with Gasteiger partial charge in [0.05, 0.1) is 5.56 Å². The van der Waals surface area contributed by atoms with Crippen molar-refractivity contribution in [1.82, 2.24) is 20.4 Å². The van der Waals surface area contributed by atoms with Crippen molar-refractivity contribution in [3.05, 3.63) is 40.4 Å². The molecule has 21 heavy (non-hydrogen) atoms. The van der Waals surface area contributed by atoms with Crippen molar-refractivity contribution in [3.8, 4) is 11.4 Å². The highest BCUT2D eigenvalue weighted by Gasteiger charge is 2.23. The normalized spacial score (nSPS) is 14.9. The molecule has 1 aromatic carbocycles. The van der Waals surface area contributed by atoms with E-state index in [1.807, 2.05) is 5.01 Å². The molecule has 3 rings (SSSR count). The van der Waals surface area contributed by atoms with E-state index in [-0.39, 0.29) is 11.9 Å². The average molecular weight is 352 g/mol. The first-order valence-electron chi connectivity index (χ1n) is 6.64. The van der Waals surface area contributed by atoms with Gasteiger partial charge in [0.1, 0.15) is 24.0 Å². The number of hydrogen-bond acceptors (Lipinski definition) is 4. The van der Waals surface area contributed by atoms with E-state index in [0.717, 1.165) is 5.84 Å². The molecule has 0 fully saturated rings. The Morgan fingerprint density at radius 3 is 2.90 bits per heavy atom. The molecule has 0 radical (unpaired) electrons. The molecule has 0 atom stereocenters. The zero-order chi connectivity index (χ0) is 15.0. The lowest BCUT2D eigenvalue weighted by atomic mass is 10.2. The topological polar surface area (TPSA) is 56.3 Å². The van der Waals surface area contributed by atoms with Crippen LogP contribution in [0.5, 0.6) is 0 Å². The molecule has 0 spiro atoms. The fourth-order valence-electron chi connectivity index (χ4n) is 2.22. The summed E-state index contributed by atoms with van der Waals surface area (Å²) in [5.41, 5.74) is 4.31. The minimum Gasteiger partial charge on any atom is -0.344 e. The van der Waals surface area contributed by atoms with E-state index in [1.165, 1.54) is 6.07 Å². The smallest absolute Gasteiger partial charge is 0.167 e. The summed E-state index contributed by atoms with van der Waals surface area (Å²) >= 11 is 3.25. The summed E-state index contributed by atoms with van der Waals surface area (Å²) in [5, 5.41) is 1.96. The van der Waals surface area contributed by atoms with Crippen LogP contribution in [-0.4, -0.2) is 33.5 Å². The number of aromatic amines is 1. The van der Waals surface area contributed by atoms with Crippen LogP contribution in [-0.2, 0) is 0 Å². The Hall–Kier alpha value is -1.73. The first kappa shape index (κ1) is 14.2. The Labute approximate surface area is 130 Å². The van der Waals surface area contributed by atoms with Crippen LogP contribution in [0.4, 0.5) is 4.39 Å². The average Bonchev–Trinajstić information content (AvgIpc) is 3.06. The number of hydrogen-bond donors (Lipinski definition) is 2. The van der Waals surface area contributed by atoms with Gasteiger partial charge in [-0.3, -0.25) is 5.01 Å². The Kier molecular flexibility index (Phi) is 3.77. The van der Waals surface area contributed by atoms with Gasteiger partial charge in [-0.15, -0.1) is 0 Å². The summed E-state index contributed by atoms with van der Waals surface area (Å²) < 4.78 is 14.7. The molecule has 2 N–H and O–H groups in total. The van der Waals surface area contributed by atoms with E-state index in [1.54, 1.807) is 18.3 Å². The lowest BCUT2D eigenvalue weighted by Gasteiger charge is -2.23. The van der Waals surface area contributed by atoms with Crippen molar-refractivity contribution in [2.24, 2.45) is 4.99 Å². The second-order valence-electron chi connectivity index (χ2n) is 5.02. The van der Waals surface area contributed by atoms with Gasteiger partial charge in [0.2, 0.25) is 0 Å². The molecule has 5 nitrogen and oxygen atoms in total. The molecular weight excluding hydrogens is 337 g/mol. The van der Waals surface area contributed by atoms with Gasteiger partial charge in [0, 0.05) is 16.7 Å². The molecule has 0 bridgehead atoms. The van der Waals surface area contributed by atoms with Crippen molar-refractivity contribution in [2.45, 2.75) is 19.9 Å². The van der Waals surface area contributed by atoms with Crippen molar-refractivity contribution in [2.75, 3.05) is 6.67 Å². The molecule has 110 valence electrons. The second-order valence-corrected chi connectivity index (χ2v) is 5.94. The molecule has 1 aromatic heterocycles. The molecule has 1 aliphatic heterocycles. The van der Waals surface area contributed by atoms with Crippen molar-refractivity contribution in [3.63, 3.8) is 0 Å². The summed E-state index contributed by atoms with van der Waals surface area (Å²) in [6.07, 6.45) is 1.75. The minimum atomic E-state index is -0.322. The molecule has 2 aromatic rings. The molecule has 0 saturated heterocycles. The Morgan fingerprint density at radius 2 is 2.19 bits per heavy atom. The predicted octanol–water partition coefficient (Wildman–Crippen LogP) is 2.91. The highest BCUT2D eigenvalue weighted by Crippen LogP contribution is 2.23. The number of nitrogens with zero attached hydrogens (tertiary/aromatic N) is 3. The number of rotatable bonds is 3. The summed E-state index contributed by atoms with van der Waals surface area (Å²) in [6, 6.07) is 5.16. The number of hydrazine groups is 1. The quantitative estimate of drug-likeness (QED) is 0.893. The van der Waals surface area contributed by atoms with Crippen LogP contribution >= 0.6 is 15.9 Å². The third-order valence-corrected chi connectivity index (χ3v) is 3.70. The van der Waals surface area contributed by atoms with Gasteiger partial charge >= 0.3 is 0 Å². The van der Waals surface area contributed by atoms with Crippen LogP contribution in [0, 0.1) is 5.82 Å². The van der Waals surface area contributed by atoms with Gasteiger partial charge in [0.15, 0.2) is 5.84 Å². The Bertz CT molecular complexity index is 694. The Morgan fingerprint density at radius 1 is 1.38 bits per heavy atom. The first-order valence-corrected chi connectivity index (χ1v) is 7.44. The molecule has 7 heteroatoms. The van der Waals surface area contributed by atoms with Crippen LogP contribution in [0.2, 0.25) is 0 Å². The predicted molar refractivity (Wildman–Crippen MR) is 83.2 cm³/mol. The van der Waals surface area contributed by atoms with Gasteiger partial charge in [-0.2, -0.15) is 0 Å². The van der Waals surface area contributed by atoms with Gasteiger partial charge in [-0.05, 0) is 32.0 Å². The van der Waals surface area contributed by atoms with E-state index in [4.69, 9.17) is 0 Å². The molecule has 2 heterocycles. The van der Waals surface area contributed by atoms with E-state index < -0.39 is 0 Å². The van der Waals surface area contributed by atoms with E-state index in [2.05, 4.69) is 50.2 Å². The summed E-state index contributed by atoms with van der Waals surface area (Å²) in [6.45, 7) is 4.66. The van der Waals surface area contributed by atoms with Gasteiger partial charge in [-0.1, -0.05) is 15.9 Å². The molecule has 0 aliphatic carbocycles. The number of aromatic nitrogens is 2. The summed E-state index contributed by atoms with van der Waals surface area (Å²) in [7, 11) is 0. The maximum Gasteiger partial charge on any atom is 0.167 e. The minimum absolute atomic E-state index is 0.260. The summed E-state index contributed by atoms with van der Waals surface area (Å²) in [4.78, 5) is 11.9. The zero-order valence-electron chi connectivity index (χ0n) is 11.7. The monoisotopic (exact) mass is 351 g/mol. The van der Waals surface area contributed by atoms with Crippen LogP contribution in [0.3, 0.4) is 0 Å². The molecule has 0 saturated carbocycles. The van der Waals surface area contributed by atoms with Gasteiger partial charge in [0.25, 0.3) is 0 Å². The van der Waals surface area contributed by atoms with Gasteiger partial charge in [-0.25, -0.2) is 19.8 Å². The van der Waals surface area contributed by atoms with Crippen LogP contribution < -0.4 is 5.43 Å². The summed E-state index contributed by atoms with van der Waals surface area (Å²) in [5.74, 6) is 0.941. The Balaban J connectivity index is 1.93. The van der Waals surface area contributed by atoms with Crippen LogP contribution in [0.15, 0.2) is 33.9 Å². The first-order chi connectivity index (χ1) is 10.1. The number of imidazole rings is 1. The van der Waals surface area contributed by atoms with E-state index in [0.29, 0.717) is 28.2 Å². The number of amidine groups is 1. The molecule has 1 aliphatic rings. The lowest BCUT2D eigenvalue weighted by Crippen LogP contribution is -2.42. The van der Waals surface area contributed by atoms with Crippen molar-refractivity contribution in [1.29, 1.82) is 0 Å². The fraction of sp³-hybridized carbons (Fsp3) is 0.286. The maximum absolute atomic E-state index is 14.0. The third-order valence-electron chi connectivity index (χ3n) is 3.21. The number of aliphatic imine (C=N–C) groups is 1. The number of nitrogens with one attached hydrogen (secondary N) is 2. The molecule has 0 amide bonds. The standard InChI is InChI=1S/C14H15BrFN5/c1-8(2)21-14(18-7-19-21)12-6-17-13(20-12)10-4-3-9(15)5-11(10)16/h3-6,8,19H,7H2,1-2H3,(H,17,20). The van der Waals surface area contributed by atoms with E-state index in [9.17, 15) is 4.39 Å². The third kappa shape index (κ3) is 2.71. The van der Waals surface area contributed by atoms with E-state index >= 15 is 0 Å². The van der Waals surface area contributed by atoms with Crippen molar-refractivity contribution >= 4 is 21.8 Å². The zero-order valence-corrected chi connectivity index (χ0v) is 13.3. The van der Waals surface area contributed by atoms with Gasteiger partial charge < -0.3 is 4.98 Å². The number of H-pyrrole nitrogens is 1. The molecule has 0 unspecified atom stereocenters. The van der Waals surface area contributed by atoms with Crippen LogP contribution in [0.25, 0.3) is 11.4 Å². The number of halogens is 2. The largest absolute Gasteiger partial charge is 0.344 e. The second kappa shape index (κ2) is 5.57. The molecular formula is C14H15BrFN5.